The van der Waals surface area contributed by atoms with E-state index in [4.69, 9.17) is 11.6 Å². The van der Waals surface area contributed by atoms with Crippen molar-refractivity contribution >= 4 is 29.3 Å². The number of carbonyl (C=O) groups is 1. The molecule has 0 aliphatic heterocycles. The van der Waals surface area contributed by atoms with Crippen LogP contribution in [0.3, 0.4) is 0 Å². The molecule has 9 heteroatoms. The van der Waals surface area contributed by atoms with Crippen LogP contribution in [0.15, 0.2) is 41.7 Å². The molecule has 1 fully saturated rings. The zero-order chi connectivity index (χ0) is 23.2. The summed E-state index contributed by atoms with van der Waals surface area (Å²) < 4.78 is 3.81. The third-order valence-electron chi connectivity index (χ3n) is 6.00. The summed E-state index contributed by atoms with van der Waals surface area (Å²) in [5.41, 5.74) is 1.85. The first-order chi connectivity index (χ1) is 16.0. The molecule has 1 amide bonds. The molecule has 1 aromatic carbocycles. The Morgan fingerprint density at radius 1 is 1.24 bits per heavy atom. The Hall–Kier alpha value is -2.32. The number of halogens is 1. The standard InChI is InChI=1S/C24H31ClN6OS/c1-17-11-13-30(29-17)14-12-22(32)26-18(2)23-27-28-24(33-16-19-7-4-3-5-8-19)31(23)21-10-6-9-20(25)15-21/h6,9-11,13,15,18-19H,3-5,7-8,12,14,16H2,1-2H3,(H,26,32)/t18-/m1/s1. The lowest BCUT2D eigenvalue weighted by Gasteiger charge is -2.21. The summed E-state index contributed by atoms with van der Waals surface area (Å²) >= 11 is 8.03. The molecular formula is C24H31ClN6OS. The first-order valence-electron chi connectivity index (χ1n) is 11.6. The number of amides is 1. The lowest BCUT2D eigenvalue weighted by atomic mass is 9.91. The molecule has 2 aromatic heterocycles. The van der Waals surface area contributed by atoms with Crippen LogP contribution in [0.5, 0.6) is 0 Å². The number of rotatable bonds is 9. The van der Waals surface area contributed by atoms with Crippen LogP contribution in [0.4, 0.5) is 0 Å². The highest BCUT2D eigenvalue weighted by atomic mass is 35.5. The van der Waals surface area contributed by atoms with Gasteiger partial charge in [-0.1, -0.05) is 48.7 Å². The Kier molecular flexibility index (Phi) is 8.09. The van der Waals surface area contributed by atoms with Gasteiger partial charge in [0.15, 0.2) is 11.0 Å². The molecule has 0 unspecified atom stereocenters. The topological polar surface area (TPSA) is 77.6 Å². The first kappa shape index (κ1) is 23.8. The maximum absolute atomic E-state index is 12.6. The van der Waals surface area contributed by atoms with Gasteiger partial charge in [-0.05, 0) is 56.9 Å². The van der Waals surface area contributed by atoms with Gasteiger partial charge >= 0.3 is 0 Å². The van der Waals surface area contributed by atoms with Crippen LogP contribution in [0.25, 0.3) is 5.69 Å². The summed E-state index contributed by atoms with van der Waals surface area (Å²) in [4.78, 5) is 12.6. The van der Waals surface area contributed by atoms with E-state index in [9.17, 15) is 4.79 Å². The minimum absolute atomic E-state index is 0.0484. The summed E-state index contributed by atoms with van der Waals surface area (Å²) in [5, 5.41) is 17.9. The lowest BCUT2D eigenvalue weighted by Crippen LogP contribution is -2.29. The highest BCUT2D eigenvalue weighted by Crippen LogP contribution is 2.32. The predicted molar refractivity (Wildman–Crippen MR) is 132 cm³/mol. The zero-order valence-corrected chi connectivity index (χ0v) is 20.8. The van der Waals surface area contributed by atoms with Gasteiger partial charge in [-0.15, -0.1) is 10.2 Å². The largest absolute Gasteiger partial charge is 0.346 e. The molecule has 2 heterocycles. The van der Waals surface area contributed by atoms with E-state index < -0.39 is 0 Å². The second-order valence-corrected chi connectivity index (χ2v) is 10.2. The van der Waals surface area contributed by atoms with E-state index in [0.29, 0.717) is 23.8 Å². The summed E-state index contributed by atoms with van der Waals surface area (Å²) in [7, 11) is 0. The van der Waals surface area contributed by atoms with Crippen molar-refractivity contribution in [2.24, 2.45) is 5.92 Å². The van der Waals surface area contributed by atoms with E-state index in [1.807, 2.05) is 54.9 Å². The van der Waals surface area contributed by atoms with E-state index >= 15 is 0 Å². The van der Waals surface area contributed by atoms with Gasteiger partial charge in [0.25, 0.3) is 0 Å². The number of thioether (sulfide) groups is 1. The molecule has 1 saturated carbocycles. The maximum atomic E-state index is 12.6. The number of hydrogen-bond acceptors (Lipinski definition) is 5. The molecule has 1 aliphatic rings. The lowest BCUT2D eigenvalue weighted by molar-refractivity contribution is -0.122. The van der Waals surface area contributed by atoms with Gasteiger partial charge in [0.1, 0.15) is 0 Å². The van der Waals surface area contributed by atoms with Crippen LogP contribution in [-0.2, 0) is 11.3 Å². The minimum Gasteiger partial charge on any atom is -0.346 e. The quantitative estimate of drug-likeness (QED) is 0.411. The molecule has 0 bridgehead atoms. The number of nitrogens with zero attached hydrogens (tertiary/aromatic N) is 5. The normalized spacial score (nSPS) is 15.5. The van der Waals surface area contributed by atoms with Crippen molar-refractivity contribution < 1.29 is 4.79 Å². The van der Waals surface area contributed by atoms with Crippen LogP contribution in [0, 0.1) is 12.8 Å². The Labute approximate surface area is 204 Å². The van der Waals surface area contributed by atoms with Crippen LogP contribution >= 0.6 is 23.4 Å². The Bertz CT molecular complexity index is 1070. The van der Waals surface area contributed by atoms with Crippen molar-refractivity contribution in [3.63, 3.8) is 0 Å². The van der Waals surface area contributed by atoms with Crippen LogP contribution in [-0.4, -0.2) is 36.2 Å². The van der Waals surface area contributed by atoms with E-state index in [-0.39, 0.29) is 11.9 Å². The molecule has 1 N–H and O–H groups in total. The zero-order valence-electron chi connectivity index (χ0n) is 19.2. The number of benzene rings is 1. The molecule has 33 heavy (non-hydrogen) atoms. The third-order valence-corrected chi connectivity index (χ3v) is 7.40. The van der Waals surface area contributed by atoms with E-state index in [1.54, 1.807) is 16.4 Å². The van der Waals surface area contributed by atoms with E-state index in [0.717, 1.165) is 28.2 Å². The molecule has 3 aromatic rings. The number of carbonyl (C=O) groups excluding carboxylic acids is 1. The third kappa shape index (κ3) is 6.38. The fourth-order valence-corrected chi connectivity index (χ4v) is 5.57. The van der Waals surface area contributed by atoms with Crippen molar-refractivity contribution in [3.05, 3.63) is 53.1 Å². The van der Waals surface area contributed by atoms with Gasteiger partial charge in [0.2, 0.25) is 5.91 Å². The summed E-state index contributed by atoms with van der Waals surface area (Å²) in [5.74, 6) is 2.40. The summed E-state index contributed by atoms with van der Waals surface area (Å²) in [6.07, 6.45) is 8.79. The van der Waals surface area contributed by atoms with Crippen molar-refractivity contribution in [3.8, 4) is 5.69 Å². The van der Waals surface area contributed by atoms with Gasteiger partial charge in [0, 0.05) is 29.9 Å². The van der Waals surface area contributed by atoms with Crippen molar-refractivity contribution in [2.75, 3.05) is 5.75 Å². The van der Waals surface area contributed by atoms with Crippen molar-refractivity contribution in [1.82, 2.24) is 29.9 Å². The van der Waals surface area contributed by atoms with Gasteiger partial charge in [0.05, 0.1) is 17.4 Å². The smallest absolute Gasteiger partial charge is 0.222 e. The maximum Gasteiger partial charge on any atom is 0.222 e. The molecule has 176 valence electrons. The Balaban J connectivity index is 1.48. The highest BCUT2D eigenvalue weighted by Gasteiger charge is 2.22. The van der Waals surface area contributed by atoms with Crippen LogP contribution in [0.2, 0.25) is 5.02 Å². The van der Waals surface area contributed by atoms with Crippen LogP contribution in [0.1, 0.15) is 63.0 Å². The molecule has 4 rings (SSSR count). The first-order valence-corrected chi connectivity index (χ1v) is 13.0. The van der Waals surface area contributed by atoms with E-state index in [1.165, 1.54) is 32.1 Å². The predicted octanol–water partition coefficient (Wildman–Crippen LogP) is 5.37. The average Bonchev–Trinajstić information content (AvgIpc) is 3.43. The molecule has 0 radical (unpaired) electrons. The van der Waals surface area contributed by atoms with Gasteiger partial charge in [-0.25, -0.2) is 0 Å². The molecule has 0 spiro atoms. The molecule has 0 saturated heterocycles. The van der Waals surface area contributed by atoms with Gasteiger partial charge in [-0.2, -0.15) is 5.10 Å². The highest BCUT2D eigenvalue weighted by molar-refractivity contribution is 7.99. The number of aromatic nitrogens is 5. The summed E-state index contributed by atoms with van der Waals surface area (Å²) in [6.45, 7) is 4.41. The molecule has 7 nitrogen and oxygen atoms in total. The van der Waals surface area contributed by atoms with Gasteiger partial charge in [-0.3, -0.25) is 14.0 Å². The second-order valence-electron chi connectivity index (χ2n) is 8.73. The number of nitrogens with one attached hydrogen (secondary N) is 1. The average molecular weight is 487 g/mol. The van der Waals surface area contributed by atoms with Crippen molar-refractivity contribution in [2.45, 2.75) is 70.1 Å². The van der Waals surface area contributed by atoms with Crippen molar-refractivity contribution in [1.29, 1.82) is 0 Å². The SMILES string of the molecule is Cc1ccn(CCC(=O)N[C@H](C)c2nnc(SCC3CCCCC3)n2-c2cccc(Cl)c2)n1. The van der Waals surface area contributed by atoms with Gasteiger partial charge < -0.3 is 5.32 Å². The Morgan fingerprint density at radius 3 is 2.79 bits per heavy atom. The fraction of sp³-hybridized carbons (Fsp3) is 0.500. The minimum atomic E-state index is -0.299. The monoisotopic (exact) mass is 486 g/mol. The number of hydrogen-bond donors (Lipinski definition) is 1. The fourth-order valence-electron chi connectivity index (χ4n) is 4.24. The summed E-state index contributed by atoms with van der Waals surface area (Å²) in [6, 6.07) is 9.32. The molecule has 1 atom stereocenters. The second kappa shape index (κ2) is 11.2. The van der Waals surface area contributed by atoms with Crippen LogP contribution < -0.4 is 5.32 Å². The van der Waals surface area contributed by atoms with E-state index in [2.05, 4.69) is 20.6 Å². The molecular weight excluding hydrogens is 456 g/mol. The Morgan fingerprint density at radius 2 is 2.06 bits per heavy atom. The number of aryl methyl sites for hydroxylation is 2. The molecule has 1 aliphatic carbocycles.